The Hall–Kier alpha value is -4.84. The van der Waals surface area contributed by atoms with Crippen LogP contribution in [0.3, 0.4) is 0 Å². The van der Waals surface area contributed by atoms with Crippen LogP contribution in [0, 0.1) is 0 Å². The lowest BCUT2D eigenvalue weighted by atomic mass is 10.1. The van der Waals surface area contributed by atoms with Gasteiger partial charge >= 0.3 is 5.97 Å². The normalized spacial score (nSPS) is 11.5. The molecule has 5 aromatic rings. The van der Waals surface area contributed by atoms with Crippen LogP contribution in [-0.4, -0.2) is 23.6 Å². The Balaban J connectivity index is 1.42. The smallest absolute Gasteiger partial charge is 0.335 e. The van der Waals surface area contributed by atoms with E-state index in [9.17, 15) is 9.59 Å². The zero-order valence-corrected chi connectivity index (χ0v) is 18.6. The summed E-state index contributed by atoms with van der Waals surface area (Å²) in [4.78, 5) is 24.2. The summed E-state index contributed by atoms with van der Waals surface area (Å²) < 4.78 is 11.9. The van der Waals surface area contributed by atoms with Crippen LogP contribution in [-0.2, 0) is 4.79 Å². The molecule has 1 heterocycles. The molecule has 0 saturated heterocycles. The van der Waals surface area contributed by atoms with Crippen LogP contribution in [0.1, 0.15) is 15.9 Å². The van der Waals surface area contributed by atoms with Crippen LogP contribution in [0.15, 0.2) is 107 Å². The second-order valence-electron chi connectivity index (χ2n) is 7.96. The van der Waals surface area contributed by atoms with Gasteiger partial charge in [-0.1, -0.05) is 48.5 Å². The number of anilines is 1. The Morgan fingerprint density at radius 1 is 0.829 bits per heavy atom. The molecular formula is C29H21NO5. The standard InChI is InChI=1S/C29H21NO5/c31-28(30-22-6-2-1-3-7-22)21(16-19-10-12-20(13-11-19)29(32)33)18-34-23-14-15-27-25(17-23)24-8-4-5-9-26(24)35-27/h1-17H,18H2,(H,30,31)(H,32,33). The van der Waals surface area contributed by atoms with E-state index in [2.05, 4.69) is 5.32 Å². The first-order valence-electron chi connectivity index (χ1n) is 11.0. The second-order valence-corrected chi connectivity index (χ2v) is 7.96. The lowest BCUT2D eigenvalue weighted by molar-refractivity contribution is -0.113. The van der Waals surface area contributed by atoms with Crippen molar-refractivity contribution in [2.24, 2.45) is 0 Å². The number of furan rings is 1. The highest BCUT2D eigenvalue weighted by molar-refractivity contribution is 6.07. The summed E-state index contributed by atoms with van der Waals surface area (Å²) in [5.41, 5.74) is 3.47. The number of aromatic carboxylic acids is 1. The van der Waals surface area contributed by atoms with Gasteiger partial charge in [0.1, 0.15) is 23.5 Å². The molecule has 1 amide bonds. The molecule has 172 valence electrons. The molecule has 0 aliphatic rings. The van der Waals surface area contributed by atoms with Crippen molar-refractivity contribution in [1.82, 2.24) is 0 Å². The van der Waals surface area contributed by atoms with Crippen LogP contribution in [0.4, 0.5) is 5.69 Å². The number of ether oxygens (including phenoxy) is 1. The van der Waals surface area contributed by atoms with Gasteiger partial charge in [0.15, 0.2) is 0 Å². The minimum absolute atomic E-state index is 0.0145. The summed E-state index contributed by atoms with van der Waals surface area (Å²) in [6.45, 7) is 0.0145. The maximum absolute atomic E-state index is 13.1. The molecule has 0 aliphatic carbocycles. The topological polar surface area (TPSA) is 88.8 Å². The molecule has 6 nitrogen and oxygen atoms in total. The molecule has 6 heteroatoms. The van der Waals surface area contributed by atoms with E-state index in [4.69, 9.17) is 14.3 Å². The highest BCUT2D eigenvalue weighted by Crippen LogP contribution is 2.31. The van der Waals surface area contributed by atoms with Gasteiger partial charge in [-0.3, -0.25) is 4.79 Å². The number of nitrogens with one attached hydrogen (secondary N) is 1. The molecule has 35 heavy (non-hydrogen) atoms. The van der Waals surface area contributed by atoms with E-state index < -0.39 is 5.97 Å². The van der Waals surface area contributed by atoms with Gasteiger partial charge in [0, 0.05) is 16.5 Å². The highest BCUT2D eigenvalue weighted by atomic mass is 16.5. The number of hydrogen-bond donors (Lipinski definition) is 2. The summed E-state index contributed by atoms with van der Waals surface area (Å²) in [6, 6.07) is 28.8. The largest absolute Gasteiger partial charge is 0.489 e. The number of benzene rings is 4. The van der Waals surface area contributed by atoms with Gasteiger partial charge in [-0.15, -0.1) is 0 Å². The van der Waals surface area contributed by atoms with Crippen molar-refractivity contribution in [1.29, 1.82) is 0 Å². The quantitative estimate of drug-likeness (QED) is 0.273. The average Bonchev–Trinajstić information content (AvgIpc) is 3.25. The average molecular weight is 463 g/mol. The lowest BCUT2D eigenvalue weighted by Gasteiger charge is -2.11. The number of carboxylic acids is 1. The number of amides is 1. The van der Waals surface area contributed by atoms with Gasteiger partial charge in [0.05, 0.1) is 11.1 Å². The van der Waals surface area contributed by atoms with Crippen LogP contribution >= 0.6 is 0 Å². The van der Waals surface area contributed by atoms with Crippen molar-refractivity contribution in [3.05, 3.63) is 114 Å². The number of carbonyl (C=O) groups excluding carboxylic acids is 1. The molecule has 0 saturated carbocycles. The Morgan fingerprint density at radius 3 is 2.31 bits per heavy atom. The van der Waals surface area contributed by atoms with Crippen molar-refractivity contribution >= 4 is 45.6 Å². The molecule has 5 rings (SSSR count). The molecule has 0 spiro atoms. The Kier molecular flexibility index (Phi) is 6.01. The Labute approximate surface area is 201 Å². The van der Waals surface area contributed by atoms with E-state index in [1.165, 1.54) is 12.1 Å². The van der Waals surface area contributed by atoms with Gasteiger partial charge in [-0.2, -0.15) is 0 Å². The maximum Gasteiger partial charge on any atom is 0.335 e. The van der Waals surface area contributed by atoms with Crippen molar-refractivity contribution < 1.29 is 23.8 Å². The summed E-state index contributed by atoms with van der Waals surface area (Å²) in [5.74, 6) is -0.717. The molecule has 0 aliphatic heterocycles. The SMILES string of the molecule is O=C(Nc1ccccc1)C(=Cc1ccc(C(=O)O)cc1)COc1ccc2oc3ccccc3c2c1. The minimum atomic E-state index is -1.01. The first-order chi connectivity index (χ1) is 17.1. The van der Waals surface area contributed by atoms with E-state index in [1.54, 1.807) is 36.4 Å². The van der Waals surface area contributed by atoms with Crippen molar-refractivity contribution in [3.63, 3.8) is 0 Å². The van der Waals surface area contributed by atoms with Gasteiger partial charge in [0.25, 0.3) is 5.91 Å². The van der Waals surface area contributed by atoms with E-state index in [-0.39, 0.29) is 18.1 Å². The molecular weight excluding hydrogens is 442 g/mol. The van der Waals surface area contributed by atoms with E-state index in [1.807, 2.05) is 54.6 Å². The van der Waals surface area contributed by atoms with Crippen LogP contribution in [0.25, 0.3) is 28.0 Å². The van der Waals surface area contributed by atoms with Crippen molar-refractivity contribution in [3.8, 4) is 5.75 Å². The molecule has 2 N–H and O–H groups in total. The van der Waals surface area contributed by atoms with Gasteiger partial charge in [0.2, 0.25) is 0 Å². The summed E-state index contributed by atoms with van der Waals surface area (Å²) >= 11 is 0. The zero-order chi connectivity index (χ0) is 24.2. The number of para-hydroxylation sites is 2. The van der Waals surface area contributed by atoms with E-state index in [0.717, 1.165) is 21.9 Å². The van der Waals surface area contributed by atoms with Gasteiger partial charge in [-0.25, -0.2) is 4.79 Å². The molecule has 0 bridgehead atoms. The fourth-order valence-electron chi connectivity index (χ4n) is 3.78. The summed E-state index contributed by atoms with van der Waals surface area (Å²) in [7, 11) is 0. The highest BCUT2D eigenvalue weighted by Gasteiger charge is 2.13. The van der Waals surface area contributed by atoms with Gasteiger partial charge < -0.3 is 19.6 Å². The number of hydrogen-bond acceptors (Lipinski definition) is 4. The molecule has 4 aromatic carbocycles. The third kappa shape index (κ3) is 4.91. The molecule has 0 fully saturated rings. The minimum Gasteiger partial charge on any atom is -0.489 e. The number of carbonyl (C=O) groups is 2. The second kappa shape index (κ2) is 9.57. The van der Waals surface area contributed by atoms with Crippen molar-refractivity contribution in [2.45, 2.75) is 0 Å². The first kappa shape index (κ1) is 22.0. The monoisotopic (exact) mass is 463 g/mol. The van der Waals surface area contributed by atoms with E-state index in [0.29, 0.717) is 22.6 Å². The number of rotatable bonds is 7. The first-order valence-corrected chi connectivity index (χ1v) is 11.0. The predicted molar refractivity (Wildman–Crippen MR) is 136 cm³/mol. The molecule has 0 unspecified atom stereocenters. The number of carboxylic acid groups (broad SMARTS) is 1. The van der Waals surface area contributed by atoms with Crippen LogP contribution in [0.5, 0.6) is 5.75 Å². The Morgan fingerprint density at radius 2 is 1.54 bits per heavy atom. The fraction of sp³-hybridized carbons (Fsp3) is 0.0345. The zero-order valence-electron chi connectivity index (χ0n) is 18.6. The summed E-state index contributed by atoms with van der Waals surface area (Å²) in [6.07, 6.45) is 1.69. The van der Waals surface area contributed by atoms with E-state index >= 15 is 0 Å². The van der Waals surface area contributed by atoms with Crippen LogP contribution in [0.2, 0.25) is 0 Å². The lowest BCUT2D eigenvalue weighted by Crippen LogP contribution is -2.19. The summed E-state index contributed by atoms with van der Waals surface area (Å²) in [5, 5.41) is 13.9. The molecule has 0 radical (unpaired) electrons. The number of fused-ring (bicyclic) bond motifs is 3. The van der Waals surface area contributed by atoms with Crippen LogP contribution < -0.4 is 10.1 Å². The Bertz CT molecular complexity index is 1550. The molecule has 1 aromatic heterocycles. The maximum atomic E-state index is 13.1. The van der Waals surface area contributed by atoms with Crippen molar-refractivity contribution in [2.75, 3.05) is 11.9 Å². The molecule has 0 atom stereocenters. The third-order valence-electron chi connectivity index (χ3n) is 5.56. The third-order valence-corrected chi connectivity index (χ3v) is 5.56. The van der Waals surface area contributed by atoms with Gasteiger partial charge in [-0.05, 0) is 60.2 Å². The fourth-order valence-corrected chi connectivity index (χ4v) is 3.78. The predicted octanol–water partition coefficient (Wildman–Crippen LogP) is 6.39.